The maximum Gasteiger partial charge on any atom is 0.135 e. The van der Waals surface area contributed by atoms with Crippen molar-refractivity contribution in [3.8, 4) is 33.8 Å². The van der Waals surface area contributed by atoms with Gasteiger partial charge in [-0.25, -0.2) is 0 Å². The Morgan fingerprint density at radius 2 is 0.814 bits per heavy atom. The van der Waals surface area contributed by atoms with Crippen molar-refractivity contribution in [3.05, 3.63) is 206 Å². The van der Waals surface area contributed by atoms with E-state index in [1.165, 1.54) is 37.9 Å². The zero-order valence-electron chi connectivity index (χ0n) is 33.4. The van der Waals surface area contributed by atoms with Gasteiger partial charge in [0.15, 0.2) is 0 Å². The van der Waals surface area contributed by atoms with Crippen molar-refractivity contribution in [2.75, 3.05) is 9.80 Å². The van der Waals surface area contributed by atoms with Gasteiger partial charge in [-0.3, -0.25) is 0 Å². The first-order valence-electron chi connectivity index (χ1n) is 20.4. The summed E-state index contributed by atoms with van der Waals surface area (Å²) in [6.07, 6.45) is 0. The molecule has 0 unspecified atom stereocenters. The van der Waals surface area contributed by atoms with E-state index in [0.717, 1.165) is 67.9 Å². The number of para-hydroxylation sites is 4. The van der Waals surface area contributed by atoms with E-state index in [4.69, 9.17) is 4.74 Å². The topological polar surface area (TPSA) is 15.7 Å². The first-order chi connectivity index (χ1) is 28.9. The summed E-state index contributed by atoms with van der Waals surface area (Å²) in [7, 11) is 0. The number of hydrogen-bond acceptors (Lipinski definition) is 3. The van der Waals surface area contributed by atoms with Gasteiger partial charge in [0.2, 0.25) is 0 Å². The fraction of sp³-hybridized carbons (Fsp3) is 0.0714. The highest BCUT2D eigenvalue weighted by Gasteiger charge is 2.26. The minimum Gasteiger partial charge on any atom is -0.456 e. The van der Waals surface area contributed by atoms with Crippen molar-refractivity contribution in [2.24, 2.45) is 0 Å². The Labute approximate surface area is 345 Å². The van der Waals surface area contributed by atoms with Crippen molar-refractivity contribution >= 4 is 66.4 Å². The van der Waals surface area contributed by atoms with Crippen LogP contribution in [0.2, 0.25) is 0 Å². The minimum atomic E-state index is 0.00980. The number of rotatable bonds is 2. The van der Waals surface area contributed by atoms with Crippen molar-refractivity contribution < 1.29 is 4.74 Å². The van der Waals surface area contributed by atoms with Gasteiger partial charge < -0.3 is 14.5 Å². The molecule has 0 aromatic heterocycles. The molecule has 59 heavy (non-hydrogen) atoms. The van der Waals surface area contributed by atoms with Gasteiger partial charge in [-0.15, -0.1) is 0 Å². The molecule has 0 atom stereocenters. The van der Waals surface area contributed by atoms with E-state index < -0.39 is 0 Å². The number of fused-ring (bicyclic) bond motifs is 12. The molecule has 0 saturated carbocycles. The normalized spacial score (nSPS) is 12.7. The highest BCUT2D eigenvalue weighted by atomic mass is 16.5. The molecule has 1 aliphatic rings. The van der Waals surface area contributed by atoms with Gasteiger partial charge in [-0.05, 0) is 105 Å². The second kappa shape index (κ2) is 13.6. The Morgan fingerprint density at radius 1 is 0.373 bits per heavy atom. The van der Waals surface area contributed by atoms with Gasteiger partial charge >= 0.3 is 0 Å². The Kier molecular flexibility index (Phi) is 8.06. The Balaban J connectivity index is 1.32. The highest BCUT2D eigenvalue weighted by Crippen LogP contribution is 2.51. The van der Waals surface area contributed by atoms with Crippen LogP contribution in [0.3, 0.4) is 0 Å². The van der Waals surface area contributed by atoms with E-state index in [2.05, 4.69) is 231 Å². The second-order valence-electron chi connectivity index (χ2n) is 16.6. The van der Waals surface area contributed by atoms with E-state index in [1.54, 1.807) is 0 Å². The molecule has 0 aliphatic carbocycles. The fourth-order valence-electron chi connectivity index (χ4n) is 9.02. The molecule has 0 amide bonds. The van der Waals surface area contributed by atoms with E-state index in [1.807, 2.05) is 0 Å². The summed E-state index contributed by atoms with van der Waals surface area (Å²) in [5.74, 6) is 1.61. The molecule has 11 rings (SSSR count). The molecule has 3 nitrogen and oxygen atoms in total. The highest BCUT2D eigenvalue weighted by molar-refractivity contribution is 6.29. The number of nitrogens with zero attached hydrogens (tertiary/aromatic N) is 2. The third-order valence-corrected chi connectivity index (χ3v) is 11.9. The largest absolute Gasteiger partial charge is 0.456 e. The van der Waals surface area contributed by atoms with Crippen LogP contribution in [0.5, 0.6) is 11.5 Å². The first kappa shape index (κ1) is 34.9. The molecule has 0 N–H and O–H groups in total. The Bertz CT molecular complexity index is 2980. The molecule has 10 aromatic rings. The first-order valence-corrected chi connectivity index (χ1v) is 20.4. The van der Waals surface area contributed by atoms with Gasteiger partial charge in [0.25, 0.3) is 0 Å². The average molecular weight is 759 g/mol. The molecule has 3 heteroatoms. The summed E-state index contributed by atoms with van der Waals surface area (Å²) in [4.78, 5) is 4.87. The van der Waals surface area contributed by atoms with Crippen LogP contribution >= 0.6 is 0 Å². The summed E-state index contributed by atoms with van der Waals surface area (Å²) >= 11 is 0. The lowest BCUT2D eigenvalue weighted by Gasteiger charge is -2.33. The zero-order valence-corrected chi connectivity index (χ0v) is 33.4. The maximum absolute atomic E-state index is 6.93. The lowest BCUT2D eigenvalue weighted by Crippen LogP contribution is -2.15. The molecule has 0 radical (unpaired) electrons. The predicted octanol–water partition coefficient (Wildman–Crippen LogP) is 16.3. The monoisotopic (exact) mass is 758 g/mol. The van der Waals surface area contributed by atoms with E-state index >= 15 is 0 Å². The van der Waals surface area contributed by atoms with Gasteiger partial charge in [0.1, 0.15) is 11.5 Å². The van der Waals surface area contributed by atoms with Crippen LogP contribution in [0.1, 0.15) is 26.3 Å². The average Bonchev–Trinajstić information content (AvgIpc) is 3.27. The summed E-state index contributed by atoms with van der Waals surface area (Å²) in [5, 5.41) is 7.44. The Hall–Kier alpha value is -7.36. The zero-order chi connectivity index (χ0) is 39.7. The van der Waals surface area contributed by atoms with Crippen LogP contribution in [-0.2, 0) is 5.41 Å². The number of anilines is 6. The quantitative estimate of drug-likeness (QED) is 0.163. The molecule has 282 valence electrons. The van der Waals surface area contributed by atoms with Crippen LogP contribution in [0.15, 0.2) is 200 Å². The van der Waals surface area contributed by atoms with Gasteiger partial charge in [-0.1, -0.05) is 154 Å². The van der Waals surface area contributed by atoms with Gasteiger partial charge in [-0.2, -0.15) is 0 Å². The van der Waals surface area contributed by atoms with Crippen LogP contribution < -0.4 is 14.5 Å². The summed E-state index contributed by atoms with van der Waals surface area (Å²) < 4.78 is 6.93. The smallest absolute Gasteiger partial charge is 0.135 e. The predicted molar refractivity (Wildman–Crippen MR) is 249 cm³/mol. The minimum absolute atomic E-state index is 0.00980. The SMILES string of the molecule is CC(C)(C)c1cc2ccc3c4cc(c5ccc(c1)c2c35)N(c1ccccc1)c1cccc(c1)-c1ccccc1Oc1ccccc1-c1cccc(c1)N4c1ccccc1. The summed E-state index contributed by atoms with van der Waals surface area (Å²) in [6, 6.07) is 72.6. The van der Waals surface area contributed by atoms with Crippen LogP contribution in [0, 0.1) is 0 Å². The van der Waals surface area contributed by atoms with Crippen molar-refractivity contribution in [1.29, 1.82) is 0 Å². The maximum atomic E-state index is 6.93. The lowest BCUT2D eigenvalue weighted by molar-refractivity contribution is 0.486. The van der Waals surface area contributed by atoms with Crippen molar-refractivity contribution in [2.45, 2.75) is 26.2 Å². The molecule has 0 fully saturated rings. The molecular formula is C56H42N2O. The van der Waals surface area contributed by atoms with Crippen molar-refractivity contribution in [3.63, 3.8) is 0 Å². The Morgan fingerprint density at radius 3 is 1.29 bits per heavy atom. The van der Waals surface area contributed by atoms with Crippen molar-refractivity contribution in [1.82, 2.24) is 0 Å². The lowest BCUT2D eigenvalue weighted by atomic mass is 9.83. The number of benzene rings is 10. The standard InChI is InChI=1S/C56H42N2O/c1-56(2,3)41-32-39-28-30-48-50-36-51(49-31-29-40(33-41)54(39)55(48)49)58(43-20-8-5-9-21-43)45-23-15-17-38(35-45)47-25-11-13-27-53(47)59-52-26-12-10-24-46(52)37-16-14-22-44(34-37)57(50)42-18-6-4-7-19-42/h4-36H,1-3H3. The summed E-state index contributed by atoms with van der Waals surface area (Å²) in [6.45, 7) is 6.90. The van der Waals surface area contributed by atoms with E-state index in [9.17, 15) is 0 Å². The molecule has 6 bridgehead atoms. The van der Waals surface area contributed by atoms with Crippen LogP contribution in [-0.4, -0.2) is 0 Å². The third-order valence-electron chi connectivity index (χ3n) is 11.9. The van der Waals surface area contributed by atoms with Gasteiger partial charge in [0.05, 0.1) is 11.4 Å². The van der Waals surface area contributed by atoms with Crippen LogP contribution in [0.25, 0.3) is 54.6 Å². The number of ether oxygens (including phenoxy) is 1. The molecule has 0 saturated heterocycles. The molecule has 10 aromatic carbocycles. The second-order valence-corrected chi connectivity index (χ2v) is 16.6. The third kappa shape index (κ3) is 5.89. The van der Waals surface area contributed by atoms with Gasteiger partial charge in [0, 0.05) is 50.0 Å². The molecular weight excluding hydrogens is 717 g/mol. The summed E-state index contributed by atoms with van der Waals surface area (Å²) in [5.41, 5.74) is 12.0. The van der Waals surface area contributed by atoms with Crippen LogP contribution in [0.4, 0.5) is 34.1 Å². The molecule has 1 heterocycles. The molecule has 0 spiro atoms. The fourth-order valence-corrected chi connectivity index (χ4v) is 9.02. The van der Waals surface area contributed by atoms with E-state index in [0.29, 0.717) is 0 Å². The molecule has 1 aliphatic heterocycles. The number of hydrogen-bond donors (Lipinski definition) is 0. The van der Waals surface area contributed by atoms with E-state index in [-0.39, 0.29) is 5.41 Å².